The molecule has 5 heteroatoms. The third kappa shape index (κ3) is 50.2. The number of allylic oxidation sites excluding steroid dienone is 4. The molecule has 0 bridgehead atoms. The van der Waals surface area contributed by atoms with Crippen LogP contribution in [0.4, 0.5) is 0 Å². The minimum Gasteiger partial charge on any atom is -0.394 e. The van der Waals surface area contributed by atoms with Crippen LogP contribution in [0.15, 0.2) is 24.3 Å². The lowest BCUT2D eigenvalue weighted by molar-refractivity contribution is -0.125. The molecular formula is C59H115NO4. The van der Waals surface area contributed by atoms with Crippen LogP contribution in [0.5, 0.6) is 0 Å². The monoisotopic (exact) mass is 902 g/mol. The Balaban J connectivity index is 3.53. The Morgan fingerprint density at radius 3 is 0.984 bits per heavy atom. The van der Waals surface area contributed by atoms with Crippen LogP contribution in [0, 0.1) is 0 Å². The van der Waals surface area contributed by atoms with Gasteiger partial charge in [0, 0.05) is 0 Å². The highest BCUT2D eigenvalue weighted by Gasteiger charge is 2.21. The Kier molecular flexibility index (Phi) is 53.4. The quantitative estimate of drug-likeness (QED) is 0.0362. The van der Waals surface area contributed by atoms with Gasteiger partial charge in [-0.3, -0.25) is 4.79 Å². The topological polar surface area (TPSA) is 89.8 Å². The van der Waals surface area contributed by atoms with Gasteiger partial charge < -0.3 is 20.6 Å². The Hall–Kier alpha value is -1.17. The van der Waals surface area contributed by atoms with E-state index in [2.05, 4.69) is 43.5 Å². The summed E-state index contributed by atoms with van der Waals surface area (Å²) < 4.78 is 0. The third-order valence-electron chi connectivity index (χ3n) is 13.8. The van der Waals surface area contributed by atoms with Gasteiger partial charge in [0.2, 0.25) is 5.91 Å². The van der Waals surface area contributed by atoms with Crippen molar-refractivity contribution in [2.75, 3.05) is 6.61 Å². The minimum atomic E-state index is -0.750. The molecule has 0 aromatic carbocycles. The third-order valence-corrected chi connectivity index (χ3v) is 13.8. The number of hydrogen-bond donors (Lipinski definition) is 4. The van der Waals surface area contributed by atoms with Gasteiger partial charge in [-0.1, -0.05) is 295 Å². The molecular weight excluding hydrogens is 787 g/mol. The molecule has 0 aliphatic carbocycles. The van der Waals surface area contributed by atoms with Gasteiger partial charge in [0.15, 0.2) is 0 Å². The van der Waals surface area contributed by atoms with E-state index in [0.717, 1.165) is 32.1 Å². The first kappa shape index (κ1) is 62.8. The maximum atomic E-state index is 12.6. The number of aliphatic hydroxyl groups excluding tert-OH is 3. The number of rotatable bonds is 54. The SMILES string of the molecule is CCCCCCCCCCC/C=C\C/C=C\CCCCCCCCCCCCCC(O)CC(=O)NC(CO)C(O)CCCCCCCCCCCCCCCCCCCCCCCC. The molecule has 3 atom stereocenters. The van der Waals surface area contributed by atoms with Gasteiger partial charge in [-0.05, 0) is 44.9 Å². The van der Waals surface area contributed by atoms with Crippen LogP contribution in [0.25, 0.3) is 0 Å². The van der Waals surface area contributed by atoms with E-state index in [1.165, 1.54) is 257 Å². The predicted molar refractivity (Wildman–Crippen MR) is 282 cm³/mol. The summed E-state index contributed by atoms with van der Waals surface area (Å²) in [7, 11) is 0. The number of carbonyl (C=O) groups is 1. The van der Waals surface area contributed by atoms with Crippen LogP contribution in [0.2, 0.25) is 0 Å². The predicted octanol–water partition coefficient (Wildman–Crippen LogP) is 18.1. The molecule has 380 valence electrons. The Labute approximate surface area is 401 Å². The smallest absolute Gasteiger partial charge is 0.222 e. The first-order valence-electron chi connectivity index (χ1n) is 29.1. The van der Waals surface area contributed by atoms with Gasteiger partial charge in [0.1, 0.15) is 0 Å². The molecule has 0 radical (unpaired) electrons. The zero-order chi connectivity index (χ0) is 46.5. The summed E-state index contributed by atoms with van der Waals surface area (Å²) in [5, 5.41) is 33.7. The van der Waals surface area contributed by atoms with Crippen molar-refractivity contribution in [3.63, 3.8) is 0 Å². The van der Waals surface area contributed by atoms with Crippen LogP contribution in [0.1, 0.15) is 322 Å². The summed E-state index contributed by atoms with van der Waals surface area (Å²) in [6, 6.07) is -0.659. The number of unbranched alkanes of at least 4 members (excludes halogenated alkanes) is 41. The van der Waals surface area contributed by atoms with Crippen molar-refractivity contribution in [1.29, 1.82) is 0 Å². The molecule has 0 spiro atoms. The number of amides is 1. The number of nitrogens with one attached hydrogen (secondary N) is 1. The molecule has 0 heterocycles. The van der Waals surface area contributed by atoms with E-state index in [1.54, 1.807) is 0 Å². The van der Waals surface area contributed by atoms with E-state index in [4.69, 9.17) is 0 Å². The number of carbonyl (C=O) groups excluding carboxylic acids is 1. The van der Waals surface area contributed by atoms with Crippen molar-refractivity contribution in [1.82, 2.24) is 5.32 Å². The summed E-state index contributed by atoms with van der Waals surface area (Å²) >= 11 is 0. The molecule has 0 saturated carbocycles. The van der Waals surface area contributed by atoms with Crippen LogP contribution >= 0.6 is 0 Å². The molecule has 4 N–H and O–H groups in total. The van der Waals surface area contributed by atoms with Gasteiger partial charge in [-0.15, -0.1) is 0 Å². The van der Waals surface area contributed by atoms with Gasteiger partial charge in [0.25, 0.3) is 0 Å². The summed E-state index contributed by atoms with van der Waals surface area (Å²) in [5.41, 5.74) is 0. The van der Waals surface area contributed by atoms with E-state index in [1.807, 2.05) is 0 Å². The van der Waals surface area contributed by atoms with Crippen molar-refractivity contribution >= 4 is 5.91 Å². The molecule has 1 amide bonds. The van der Waals surface area contributed by atoms with Crippen molar-refractivity contribution in [3.05, 3.63) is 24.3 Å². The van der Waals surface area contributed by atoms with Crippen molar-refractivity contribution < 1.29 is 20.1 Å². The molecule has 0 saturated heterocycles. The average Bonchev–Trinajstić information content (AvgIpc) is 3.29. The van der Waals surface area contributed by atoms with E-state index in [9.17, 15) is 20.1 Å². The first-order chi connectivity index (χ1) is 31.5. The second-order valence-corrected chi connectivity index (χ2v) is 20.3. The van der Waals surface area contributed by atoms with Crippen LogP contribution in [-0.2, 0) is 4.79 Å². The molecule has 0 aromatic heterocycles. The Morgan fingerprint density at radius 2 is 0.672 bits per heavy atom. The maximum Gasteiger partial charge on any atom is 0.222 e. The number of aliphatic hydroxyl groups is 3. The second kappa shape index (κ2) is 54.4. The minimum absolute atomic E-state index is 0.0374. The van der Waals surface area contributed by atoms with Gasteiger partial charge in [-0.2, -0.15) is 0 Å². The zero-order valence-electron chi connectivity index (χ0n) is 43.4. The summed E-state index contributed by atoms with van der Waals surface area (Å²) in [4.78, 5) is 12.6. The molecule has 0 aliphatic heterocycles. The highest BCUT2D eigenvalue weighted by Crippen LogP contribution is 2.18. The molecule has 0 fully saturated rings. The highest BCUT2D eigenvalue weighted by atomic mass is 16.3. The fourth-order valence-corrected chi connectivity index (χ4v) is 9.32. The normalized spacial score (nSPS) is 13.4. The number of hydrogen-bond acceptors (Lipinski definition) is 4. The van der Waals surface area contributed by atoms with Crippen LogP contribution < -0.4 is 5.32 Å². The molecule has 64 heavy (non-hydrogen) atoms. The van der Waals surface area contributed by atoms with Crippen LogP contribution in [-0.4, -0.2) is 46.1 Å². The van der Waals surface area contributed by atoms with Gasteiger partial charge >= 0.3 is 0 Å². The van der Waals surface area contributed by atoms with Crippen molar-refractivity contribution in [2.45, 2.75) is 340 Å². The van der Waals surface area contributed by atoms with E-state index < -0.39 is 18.2 Å². The summed E-state index contributed by atoms with van der Waals surface area (Å²) in [5.74, 6) is -0.279. The first-order valence-corrected chi connectivity index (χ1v) is 29.1. The van der Waals surface area contributed by atoms with Gasteiger partial charge in [-0.25, -0.2) is 0 Å². The molecule has 0 aliphatic rings. The zero-order valence-corrected chi connectivity index (χ0v) is 43.4. The largest absolute Gasteiger partial charge is 0.394 e. The second-order valence-electron chi connectivity index (χ2n) is 20.3. The average molecular weight is 903 g/mol. The van der Waals surface area contributed by atoms with Crippen LogP contribution in [0.3, 0.4) is 0 Å². The van der Waals surface area contributed by atoms with Crippen molar-refractivity contribution in [3.8, 4) is 0 Å². The summed E-state index contributed by atoms with van der Waals surface area (Å²) in [6.45, 7) is 4.30. The lowest BCUT2D eigenvalue weighted by Gasteiger charge is -2.23. The molecule has 3 unspecified atom stereocenters. The summed E-state index contributed by atoms with van der Waals surface area (Å²) in [6.07, 6.45) is 69.1. The fourth-order valence-electron chi connectivity index (χ4n) is 9.32. The van der Waals surface area contributed by atoms with E-state index >= 15 is 0 Å². The molecule has 0 rings (SSSR count). The molecule has 0 aromatic rings. The lowest BCUT2D eigenvalue weighted by atomic mass is 10.0. The fraction of sp³-hybridized carbons (Fsp3) is 0.915. The van der Waals surface area contributed by atoms with E-state index in [-0.39, 0.29) is 18.9 Å². The maximum absolute atomic E-state index is 12.6. The van der Waals surface area contributed by atoms with Crippen molar-refractivity contribution in [2.24, 2.45) is 0 Å². The standard InChI is InChI=1S/C59H115NO4/c1-3-5-7-9-11-13-15-17-19-21-23-25-27-28-29-30-31-32-34-36-38-40-42-44-46-48-50-52-56(62)54-59(64)60-57(55-61)58(63)53-51-49-47-45-43-41-39-37-35-33-26-24-22-20-18-16-14-12-10-8-6-4-2/h23,25,28-29,56-58,61-63H,3-22,24,26-27,30-55H2,1-2H3,(H,60,64)/b25-23-,29-28-. The highest BCUT2D eigenvalue weighted by molar-refractivity contribution is 5.76. The van der Waals surface area contributed by atoms with Gasteiger partial charge in [0.05, 0.1) is 31.3 Å². The molecule has 5 nitrogen and oxygen atoms in total. The lowest BCUT2D eigenvalue weighted by Crippen LogP contribution is -2.46. The Bertz CT molecular complexity index is 951. The van der Waals surface area contributed by atoms with E-state index in [0.29, 0.717) is 12.8 Å². The Morgan fingerprint density at radius 1 is 0.391 bits per heavy atom.